The number of ether oxygens (including phenoxy) is 4. The highest BCUT2D eigenvalue weighted by molar-refractivity contribution is 5.53. The molecule has 7 heteroatoms. The van der Waals surface area contributed by atoms with Crippen LogP contribution in [0.5, 0.6) is 23.0 Å². The standard InChI is InChI=1S/C30H34N2O5/c1-34-26-15-22-23(16-27(26)35-2)30(33,29-9-6-12-31-29)18-32(17-20-7-4-3-5-8-20)24(22)13-21-10-11-25-28(14-21)37-19-36-25/h3-5,7-8,10-11,14-16,24,29,31,33H,6,9,12-13,17-19H2,1-2H3. The molecule has 3 aromatic carbocycles. The molecule has 0 aliphatic carbocycles. The zero-order chi connectivity index (χ0) is 25.4. The van der Waals surface area contributed by atoms with Crippen LogP contribution in [0.1, 0.15) is 41.1 Å². The van der Waals surface area contributed by atoms with Crippen molar-refractivity contribution in [2.45, 2.75) is 43.5 Å². The summed E-state index contributed by atoms with van der Waals surface area (Å²) in [4.78, 5) is 2.41. The maximum atomic E-state index is 12.4. The Hall–Kier alpha value is -3.26. The molecule has 3 aliphatic rings. The summed E-state index contributed by atoms with van der Waals surface area (Å²) in [6.45, 7) is 2.40. The van der Waals surface area contributed by atoms with Gasteiger partial charge in [0.05, 0.1) is 14.2 Å². The van der Waals surface area contributed by atoms with Crippen LogP contribution in [0.25, 0.3) is 0 Å². The molecule has 194 valence electrons. The highest BCUT2D eigenvalue weighted by atomic mass is 16.7. The first-order chi connectivity index (χ1) is 18.1. The summed E-state index contributed by atoms with van der Waals surface area (Å²) in [6, 6.07) is 20.7. The molecular formula is C30H34N2O5. The molecule has 0 amide bonds. The Morgan fingerprint density at radius 2 is 1.76 bits per heavy atom. The molecule has 0 radical (unpaired) electrons. The van der Waals surface area contributed by atoms with Gasteiger partial charge in [0, 0.05) is 25.2 Å². The van der Waals surface area contributed by atoms with Crippen LogP contribution < -0.4 is 24.3 Å². The third-order valence-electron chi connectivity index (χ3n) is 8.00. The maximum absolute atomic E-state index is 12.4. The Morgan fingerprint density at radius 3 is 2.51 bits per heavy atom. The first kappa shape index (κ1) is 24.1. The minimum absolute atomic E-state index is 0.0112. The number of hydrogen-bond acceptors (Lipinski definition) is 7. The third-order valence-corrected chi connectivity index (χ3v) is 8.00. The number of fused-ring (bicyclic) bond motifs is 2. The molecule has 0 aromatic heterocycles. The Kier molecular flexibility index (Phi) is 6.44. The molecule has 3 aliphatic heterocycles. The van der Waals surface area contributed by atoms with Crippen molar-refractivity contribution < 1.29 is 24.1 Å². The first-order valence-electron chi connectivity index (χ1n) is 13.0. The number of nitrogens with zero attached hydrogens (tertiary/aromatic N) is 1. The van der Waals surface area contributed by atoms with Crippen molar-refractivity contribution in [1.29, 1.82) is 0 Å². The first-order valence-corrected chi connectivity index (χ1v) is 13.0. The molecule has 37 heavy (non-hydrogen) atoms. The number of β-amino-alcohol motifs (C(OH)–C–C–N with tert-alkyl or cyclic N) is 1. The number of aliphatic hydroxyl groups is 1. The zero-order valence-electron chi connectivity index (χ0n) is 21.4. The second kappa shape index (κ2) is 9.89. The molecule has 7 nitrogen and oxygen atoms in total. The summed E-state index contributed by atoms with van der Waals surface area (Å²) in [7, 11) is 3.30. The van der Waals surface area contributed by atoms with Crippen molar-refractivity contribution in [2.75, 3.05) is 34.1 Å². The number of methoxy groups -OCH3 is 2. The predicted octanol–water partition coefficient (Wildman–Crippen LogP) is 4.17. The Bertz CT molecular complexity index is 1260. The molecule has 3 heterocycles. The average Bonchev–Trinajstić information content (AvgIpc) is 3.63. The van der Waals surface area contributed by atoms with Gasteiger partial charge in [-0.05, 0) is 72.3 Å². The quantitative estimate of drug-likeness (QED) is 0.502. The highest BCUT2D eigenvalue weighted by Crippen LogP contribution is 2.48. The van der Waals surface area contributed by atoms with E-state index in [9.17, 15) is 5.11 Å². The fourth-order valence-electron chi connectivity index (χ4n) is 6.15. The zero-order valence-corrected chi connectivity index (χ0v) is 21.4. The highest BCUT2D eigenvalue weighted by Gasteiger charge is 2.48. The molecule has 3 aromatic rings. The molecule has 6 rings (SSSR count). The van der Waals surface area contributed by atoms with Crippen LogP contribution in [0.3, 0.4) is 0 Å². The van der Waals surface area contributed by atoms with Crippen LogP contribution in [0.15, 0.2) is 60.7 Å². The topological polar surface area (TPSA) is 72.4 Å². The summed E-state index contributed by atoms with van der Waals surface area (Å²) in [5, 5.41) is 16.0. The number of rotatable bonds is 7. The van der Waals surface area contributed by atoms with Gasteiger partial charge in [-0.1, -0.05) is 36.4 Å². The van der Waals surface area contributed by atoms with Gasteiger partial charge in [0.1, 0.15) is 5.60 Å². The fourth-order valence-corrected chi connectivity index (χ4v) is 6.15. The van der Waals surface area contributed by atoms with E-state index >= 15 is 0 Å². The summed E-state index contributed by atoms with van der Waals surface area (Å²) in [5.41, 5.74) is 3.28. The lowest BCUT2D eigenvalue weighted by atomic mass is 9.75. The van der Waals surface area contributed by atoms with Crippen LogP contribution in [0, 0.1) is 0 Å². The van der Waals surface area contributed by atoms with Gasteiger partial charge in [-0.15, -0.1) is 0 Å². The van der Waals surface area contributed by atoms with Crippen molar-refractivity contribution in [3.8, 4) is 23.0 Å². The van der Waals surface area contributed by atoms with Crippen LogP contribution >= 0.6 is 0 Å². The van der Waals surface area contributed by atoms with E-state index in [1.807, 2.05) is 18.2 Å². The molecular weight excluding hydrogens is 468 g/mol. The van der Waals surface area contributed by atoms with Gasteiger partial charge >= 0.3 is 0 Å². The fraction of sp³-hybridized carbons (Fsp3) is 0.400. The summed E-state index contributed by atoms with van der Waals surface area (Å²) in [6.07, 6.45) is 2.73. The Balaban J connectivity index is 1.47. The van der Waals surface area contributed by atoms with Gasteiger partial charge in [0.15, 0.2) is 23.0 Å². The largest absolute Gasteiger partial charge is 0.493 e. The summed E-state index contributed by atoms with van der Waals surface area (Å²) >= 11 is 0. The van der Waals surface area contributed by atoms with Gasteiger partial charge in [0.2, 0.25) is 6.79 Å². The van der Waals surface area contributed by atoms with E-state index in [1.165, 1.54) is 5.56 Å². The average molecular weight is 503 g/mol. The number of hydrogen-bond donors (Lipinski definition) is 2. The van der Waals surface area contributed by atoms with Gasteiger partial charge in [0.25, 0.3) is 0 Å². The molecule has 0 bridgehead atoms. The second-order valence-corrected chi connectivity index (χ2v) is 10.2. The molecule has 1 saturated heterocycles. The lowest BCUT2D eigenvalue weighted by molar-refractivity contribution is -0.0571. The second-order valence-electron chi connectivity index (χ2n) is 10.2. The number of benzene rings is 3. The van der Waals surface area contributed by atoms with E-state index in [0.717, 1.165) is 60.5 Å². The van der Waals surface area contributed by atoms with E-state index in [4.69, 9.17) is 18.9 Å². The molecule has 1 fully saturated rings. The van der Waals surface area contributed by atoms with Crippen LogP contribution in [-0.4, -0.2) is 50.2 Å². The van der Waals surface area contributed by atoms with Gasteiger partial charge in [-0.25, -0.2) is 0 Å². The lowest BCUT2D eigenvalue weighted by Crippen LogP contribution is -2.56. The SMILES string of the molecule is COc1cc2c(cc1OC)C(O)(C1CCCN1)CN(Cc1ccccc1)C2Cc1ccc2c(c1)OCO2. The molecule has 3 atom stereocenters. The minimum Gasteiger partial charge on any atom is -0.493 e. The van der Waals surface area contributed by atoms with E-state index in [1.54, 1.807) is 14.2 Å². The van der Waals surface area contributed by atoms with Crippen molar-refractivity contribution >= 4 is 0 Å². The minimum atomic E-state index is -1.06. The normalized spacial score (nSPS) is 24.6. The molecule has 0 saturated carbocycles. The maximum Gasteiger partial charge on any atom is 0.231 e. The van der Waals surface area contributed by atoms with Crippen LogP contribution in [0.4, 0.5) is 0 Å². The molecule has 3 unspecified atom stereocenters. The van der Waals surface area contributed by atoms with Crippen molar-refractivity contribution in [1.82, 2.24) is 10.2 Å². The Labute approximate surface area is 217 Å². The Morgan fingerprint density at radius 1 is 0.973 bits per heavy atom. The molecule has 2 N–H and O–H groups in total. The molecule has 0 spiro atoms. The van der Waals surface area contributed by atoms with Gasteiger partial charge in [-0.3, -0.25) is 4.90 Å². The smallest absolute Gasteiger partial charge is 0.231 e. The predicted molar refractivity (Wildman–Crippen MR) is 140 cm³/mol. The van der Waals surface area contributed by atoms with E-state index in [2.05, 4.69) is 52.7 Å². The van der Waals surface area contributed by atoms with E-state index in [0.29, 0.717) is 18.0 Å². The lowest BCUT2D eigenvalue weighted by Gasteiger charge is -2.48. The van der Waals surface area contributed by atoms with Crippen molar-refractivity contribution in [3.05, 3.63) is 82.9 Å². The van der Waals surface area contributed by atoms with Crippen molar-refractivity contribution in [2.24, 2.45) is 0 Å². The van der Waals surface area contributed by atoms with E-state index < -0.39 is 5.60 Å². The van der Waals surface area contributed by atoms with Gasteiger partial charge in [-0.2, -0.15) is 0 Å². The number of nitrogens with one attached hydrogen (secondary N) is 1. The van der Waals surface area contributed by atoms with Crippen molar-refractivity contribution in [3.63, 3.8) is 0 Å². The summed E-state index contributed by atoms with van der Waals surface area (Å²) < 4.78 is 22.6. The van der Waals surface area contributed by atoms with Gasteiger partial charge < -0.3 is 29.4 Å². The van der Waals surface area contributed by atoms with Crippen LogP contribution in [-0.2, 0) is 18.6 Å². The summed E-state index contributed by atoms with van der Waals surface area (Å²) in [5.74, 6) is 2.86. The van der Waals surface area contributed by atoms with E-state index in [-0.39, 0.29) is 18.9 Å². The van der Waals surface area contributed by atoms with Crippen LogP contribution in [0.2, 0.25) is 0 Å². The third kappa shape index (κ3) is 4.41. The monoisotopic (exact) mass is 502 g/mol.